The predicted molar refractivity (Wildman–Crippen MR) is 49.7 cm³/mol. The molecule has 3 fully saturated rings. The SMILES string of the molecule is CC1(C)[C@H]2CC[C@@]1([C@@H]1CO1)C(=O)[C@@H]2O. The summed E-state index contributed by atoms with van der Waals surface area (Å²) in [5.74, 6) is 0.195. The van der Waals surface area contributed by atoms with E-state index >= 15 is 0 Å². The van der Waals surface area contributed by atoms with Gasteiger partial charge in [0.25, 0.3) is 0 Å². The van der Waals surface area contributed by atoms with E-state index in [1.807, 2.05) is 0 Å². The van der Waals surface area contributed by atoms with Crippen molar-refractivity contribution in [1.82, 2.24) is 0 Å². The molecule has 3 heteroatoms. The van der Waals surface area contributed by atoms with Crippen LogP contribution in [0.15, 0.2) is 0 Å². The third kappa shape index (κ3) is 0.684. The topological polar surface area (TPSA) is 49.8 Å². The van der Waals surface area contributed by atoms with Crippen molar-refractivity contribution >= 4 is 5.78 Å². The third-order valence-electron chi connectivity index (χ3n) is 4.90. The first-order valence-electron chi connectivity index (χ1n) is 5.36. The summed E-state index contributed by atoms with van der Waals surface area (Å²) < 4.78 is 5.34. The molecular weight excluding hydrogens is 180 g/mol. The first kappa shape index (κ1) is 8.86. The molecule has 0 radical (unpaired) electrons. The monoisotopic (exact) mass is 196 g/mol. The van der Waals surface area contributed by atoms with Crippen molar-refractivity contribution in [2.24, 2.45) is 16.7 Å². The summed E-state index contributed by atoms with van der Waals surface area (Å²) in [4.78, 5) is 12.1. The zero-order valence-corrected chi connectivity index (χ0v) is 8.62. The lowest BCUT2D eigenvalue weighted by molar-refractivity contribution is -0.137. The summed E-state index contributed by atoms with van der Waals surface area (Å²) in [6.45, 7) is 4.93. The van der Waals surface area contributed by atoms with Gasteiger partial charge >= 0.3 is 0 Å². The summed E-state index contributed by atoms with van der Waals surface area (Å²) in [7, 11) is 0. The van der Waals surface area contributed by atoms with E-state index in [1.165, 1.54) is 0 Å². The molecule has 0 aromatic carbocycles. The standard InChI is InChI=1S/C11H16O3/c1-10(2)6-3-4-11(10,7-5-14-7)9(13)8(6)12/h6-8,12H,3-5H2,1-2H3/t6-,7-,8+,11+/m0/s1. The quantitative estimate of drug-likeness (QED) is 0.630. The first-order valence-corrected chi connectivity index (χ1v) is 5.36. The number of aliphatic hydroxyl groups excluding tert-OH is 1. The van der Waals surface area contributed by atoms with Crippen LogP contribution in [0.3, 0.4) is 0 Å². The maximum absolute atomic E-state index is 12.1. The fourth-order valence-electron chi connectivity index (χ4n) is 3.90. The van der Waals surface area contributed by atoms with Crippen LogP contribution in [0.1, 0.15) is 26.7 Å². The normalized spacial score (nSPS) is 53.9. The van der Waals surface area contributed by atoms with Gasteiger partial charge in [0.1, 0.15) is 6.10 Å². The van der Waals surface area contributed by atoms with Crippen LogP contribution in [0.2, 0.25) is 0 Å². The lowest BCUT2D eigenvalue weighted by atomic mass is 9.67. The molecule has 2 aliphatic carbocycles. The van der Waals surface area contributed by atoms with Gasteiger partial charge in [0.05, 0.1) is 18.1 Å². The number of ketones is 1. The fourth-order valence-corrected chi connectivity index (χ4v) is 3.90. The molecule has 2 bridgehead atoms. The predicted octanol–water partition coefficient (Wildman–Crippen LogP) is 0.751. The highest BCUT2D eigenvalue weighted by Crippen LogP contribution is 2.67. The molecule has 14 heavy (non-hydrogen) atoms. The van der Waals surface area contributed by atoms with E-state index < -0.39 is 6.10 Å². The van der Waals surface area contributed by atoms with Crippen molar-refractivity contribution in [3.05, 3.63) is 0 Å². The Bertz CT molecular complexity index is 306. The van der Waals surface area contributed by atoms with E-state index in [4.69, 9.17) is 4.74 Å². The van der Waals surface area contributed by atoms with Crippen LogP contribution in [0.4, 0.5) is 0 Å². The van der Waals surface area contributed by atoms with Crippen molar-refractivity contribution < 1.29 is 14.6 Å². The number of hydrogen-bond donors (Lipinski definition) is 1. The number of fused-ring (bicyclic) bond motifs is 2. The lowest BCUT2D eigenvalue weighted by Crippen LogP contribution is -2.42. The molecule has 78 valence electrons. The van der Waals surface area contributed by atoms with Gasteiger partial charge in [-0.3, -0.25) is 4.79 Å². The van der Waals surface area contributed by atoms with E-state index in [0.29, 0.717) is 6.61 Å². The van der Waals surface area contributed by atoms with Crippen molar-refractivity contribution in [3.8, 4) is 0 Å². The molecule has 3 rings (SSSR count). The molecule has 3 aliphatic rings. The van der Waals surface area contributed by atoms with Crippen LogP contribution in [0.25, 0.3) is 0 Å². The highest BCUT2D eigenvalue weighted by molar-refractivity contribution is 5.94. The van der Waals surface area contributed by atoms with Crippen LogP contribution in [0.5, 0.6) is 0 Å². The Hall–Kier alpha value is -0.410. The molecule has 4 atom stereocenters. The van der Waals surface area contributed by atoms with Crippen LogP contribution >= 0.6 is 0 Å². The number of ether oxygens (including phenoxy) is 1. The van der Waals surface area contributed by atoms with Crippen molar-refractivity contribution in [2.45, 2.75) is 38.9 Å². The lowest BCUT2D eigenvalue weighted by Gasteiger charge is -2.34. The molecule has 2 saturated carbocycles. The molecule has 1 saturated heterocycles. The highest BCUT2D eigenvalue weighted by Gasteiger charge is 2.73. The number of rotatable bonds is 1. The zero-order chi connectivity index (χ0) is 10.1. The van der Waals surface area contributed by atoms with Gasteiger partial charge in [-0.2, -0.15) is 0 Å². The molecule has 3 nitrogen and oxygen atoms in total. The van der Waals surface area contributed by atoms with E-state index in [1.54, 1.807) is 0 Å². The third-order valence-corrected chi connectivity index (χ3v) is 4.90. The van der Waals surface area contributed by atoms with Crippen LogP contribution in [-0.4, -0.2) is 29.7 Å². The minimum atomic E-state index is -0.733. The Morgan fingerprint density at radius 2 is 2.14 bits per heavy atom. The zero-order valence-electron chi connectivity index (χ0n) is 8.62. The molecule has 0 amide bonds. The van der Waals surface area contributed by atoms with Crippen LogP contribution in [0, 0.1) is 16.7 Å². The average molecular weight is 196 g/mol. The number of hydrogen-bond acceptors (Lipinski definition) is 3. The van der Waals surface area contributed by atoms with Crippen molar-refractivity contribution in [1.29, 1.82) is 0 Å². The number of Topliss-reactive ketones (excluding diaryl/α,β-unsaturated/α-hetero) is 1. The van der Waals surface area contributed by atoms with Crippen LogP contribution < -0.4 is 0 Å². The van der Waals surface area contributed by atoms with Crippen molar-refractivity contribution in [3.63, 3.8) is 0 Å². The summed E-state index contributed by atoms with van der Waals surface area (Å²) >= 11 is 0. The van der Waals surface area contributed by atoms with Gasteiger partial charge in [0.15, 0.2) is 5.78 Å². The molecule has 0 aromatic heterocycles. The van der Waals surface area contributed by atoms with E-state index in [9.17, 15) is 9.90 Å². The van der Waals surface area contributed by atoms with Gasteiger partial charge in [-0.05, 0) is 24.2 Å². The Morgan fingerprint density at radius 3 is 2.57 bits per heavy atom. The van der Waals surface area contributed by atoms with Gasteiger partial charge in [0.2, 0.25) is 0 Å². The maximum atomic E-state index is 12.1. The number of epoxide rings is 1. The number of carbonyl (C=O) groups is 1. The van der Waals surface area contributed by atoms with Gasteiger partial charge in [-0.25, -0.2) is 0 Å². The molecule has 1 N–H and O–H groups in total. The second kappa shape index (κ2) is 2.22. The van der Waals surface area contributed by atoms with Gasteiger partial charge < -0.3 is 9.84 Å². The molecular formula is C11H16O3. The molecule has 0 spiro atoms. The largest absolute Gasteiger partial charge is 0.385 e. The highest BCUT2D eigenvalue weighted by atomic mass is 16.6. The second-order valence-electron chi connectivity index (χ2n) is 5.47. The maximum Gasteiger partial charge on any atom is 0.170 e. The van der Waals surface area contributed by atoms with E-state index in [-0.39, 0.29) is 28.6 Å². The average Bonchev–Trinajstić information content (AvgIpc) is 2.87. The fraction of sp³-hybridized carbons (Fsp3) is 0.909. The smallest absolute Gasteiger partial charge is 0.170 e. The number of aliphatic hydroxyl groups is 1. The minimum Gasteiger partial charge on any atom is -0.385 e. The summed E-state index contributed by atoms with van der Waals surface area (Å²) in [6.07, 6.45) is 1.24. The summed E-state index contributed by atoms with van der Waals surface area (Å²) in [6, 6.07) is 0. The number of carbonyl (C=O) groups excluding carboxylic acids is 1. The van der Waals surface area contributed by atoms with Crippen molar-refractivity contribution in [2.75, 3.05) is 6.61 Å². The Balaban J connectivity index is 2.12. The Labute approximate surface area is 83.4 Å². The summed E-state index contributed by atoms with van der Waals surface area (Å²) in [5, 5.41) is 9.86. The van der Waals surface area contributed by atoms with Gasteiger partial charge in [0, 0.05) is 0 Å². The minimum absolute atomic E-state index is 0.0428. The Kier molecular flexibility index (Phi) is 1.41. The molecule has 1 aliphatic heterocycles. The van der Waals surface area contributed by atoms with E-state index in [2.05, 4.69) is 13.8 Å². The van der Waals surface area contributed by atoms with Crippen LogP contribution in [-0.2, 0) is 9.53 Å². The summed E-state index contributed by atoms with van der Waals surface area (Å²) in [5.41, 5.74) is -0.443. The first-order chi connectivity index (χ1) is 6.52. The van der Waals surface area contributed by atoms with Gasteiger partial charge in [-0.1, -0.05) is 13.8 Å². The van der Waals surface area contributed by atoms with Gasteiger partial charge in [-0.15, -0.1) is 0 Å². The molecule has 0 unspecified atom stereocenters. The van der Waals surface area contributed by atoms with E-state index in [0.717, 1.165) is 12.8 Å². The second-order valence-corrected chi connectivity index (χ2v) is 5.47. The molecule has 0 aromatic rings. The molecule has 1 heterocycles. The Morgan fingerprint density at radius 1 is 1.50 bits per heavy atom.